The summed E-state index contributed by atoms with van der Waals surface area (Å²) in [5, 5.41) is 16.1. The molecular weight excluding hydrogens is 400 g/mol. The zero-order valence-electron chi connectivity index (χ0n) is 16.3. The molecule has 4 rings (SSSR count). The lowest BCUT2D eigenvalue weighted by Gasteiger charge is -2.08. The molecule has 0 fully saturated rings. The smallest absolute Gasteiger partial charge is 0.270 e. The Morgan fingerprint density at radius 1 is 1.26 bits per heavy atom. The van der Waals surface area contributed by atoms with Gasteiger partial charge in [-0.05, 0) is 6.07 Å². The highest BCUT2D eigenvalue weighted by atomic mass is 16.7. The average Bonchev–Trinajstić information content (AvgIpc) is 3.21. The summed E-state index contributed by atoms with van der Waals surface area (Å²) in [4.78, 5) is 30.6. The Morgan fingerprint density at radius 2 is 2.00 bits per heavy atom. The number of carbonyl (C=O) groups is 1. The van der Waals surface area contributed by atoms with E-state index in [-0.39, 0.29) is 29.9 Å². The van der Waals surface area contributed by atoms with Gasteiger partial charge in [0.15, 0.2) is 11.5 Å². The molecule has 3 aromatic rings. The number of nitriles is 1. The molecule has 3 N–H and O–H groups in total. The Labute approximate surface area is 176 Å². The average molecular weight is 416 g/mol. The van der Waals surface area contributed by atoms with Crippen LogP contribution in [-0.4, -0.2) is 28.9 Å². The van der Waals surface area contributed by atoms with Crippen LogP contribution >= 0.6 is 0 Å². The number of H-pyrrole nitrogens is 1. The summed E-state index contributed by atoms with van der Waals surface area (Å²) in [7, 11) is 0. The first-order valence-corrected chi connectivity index (χ1v) is 9.15. The zero-order chi connectivity index (χ0) is 21.8. The van der Waals surface area contributed by atoms with Gasteiger partial charge in [-0.3, -0.25) is 14.6 Å². The van der Waals surface area contributed by atoms with Crippen molar-refractivity contribution in [2.24, 2.45) is 5.10 Å². The third kappa shape index (κ3) is 4.20. The van der Waals surface area contributed by atoms with Crippen molar-refractivity contribution in [1.82, 2.24) is 9.97 Å². The lowest BCUT2D eigenvalue weighted by molar-refractivity contribution is -0.114. The topological polar surface area (TPSA) is 141 Å². The minimum absolute atomic E-state index is 0.0564. The number of amides is 1. The number of aromatic nitrogens is 2. The van der Waals surface area contributed by atoms with E-state index in [0.717, 1.165) is 0 Å². The molecule has 0 bridgehead atoms. The fraction of sp³-hybridized carbons (Fsp3) is 0.0952. The summed E-state index contributed by atoms with van der Waals surface area (Å²) in [5.74, 6) is 0.833. The molecule has 0 aliphatic carbocycles. The maximum atomic E-state index is 12.3. The first-order valence-electron chi connectivity index (χ1n) is 9.15. The Kier molecular flexibility index (Phi) is 5.31. The van der Waals surface area contributed by atoms with E-state index in [1.54, 1.807) is 36.4 Å². The SMILES string of the molecule is CC(=O)Nc1cc2c(cc1C=NNc1nc(-c3ccccc3)c(C#N)c(=O)[nH]1)OCO2. The number of benzene rings is 2. The number of rotatable bonds is 5. The third-order valence-electron chi connectivity index (χ3n) is 4.31. The van der Waals surface area contributed by atoms with E-state index in [1.165, 1.54) is 13.1 Å². The number of anilines is 2. The molecule has 1 aromatic heterocycles. The molecule has 2 heterocycles. The summed E-state index contributed by atoms with van der Waals surface area (Å²) in [6, 6.07) is 14.1. The fourth-order valence-electron chi connectivity index (χ4n) is 2.96. The molecule has 0 unspecified atom stereocenters. The first-order chi connectivity index (χ1) is 15.0. The van der Waals surface area contributed by atoms with E-state index in [1.807, 2.05) is 12.1 Å². The van der Waals surface area contributed by atoms with Crippen LogP contribution in [0.25, 0.3) is 11.3 Å². The largest absolute Gasteiger partial charge is 0.454 e. The molecule has 0 radical (unpaired) electrons. The molecule has 1 aliphatic rings. The van der Waals surface area contributed by atoms with Crippen LogP contribution in [0.15, 0.2) is 52.4 Å². The monoisotopic (exact) mass is 416 g/mol. The second-order valence-electron chi connectivity index (χ2n) is 6.46. The van der Waals surface area contributed by atoms with Crippen molar-refractivity contribution >= 4 is 23.8 Å². The van der Waals surface area contributed by atoms with Crippen LogP contribution in [0.5, 0.6) is 11.5 Å². The Balaban J connectivity index is 1.64. The second kappa shape index (κ2) is 8.38. The minimum atomic E-state index is -0.587. The van der Waals surface area contributed by atoms with Gasteiger partial charge in [-0.25, -0.2) is 10.4 Å². The Morgan fingerprint density at radius 3 is 2.71 bits per heavy atom. The van der Waals surface area contributed by atoms with E-state index in [2.05, 4.69) is 25.8 Å². The number of nitrogens with zero attached hydrogens (tertiary/aromatic N) is 3. The third-order valence-corrected chi connectivity index (χ3v) is 4.31. The molecular formula is C21H16N6O4. The van der Waals surface area contributed by atoms with Gasteiger partial charge in [0.05, 0.1) is 17.6 Å². The number of ether oxygens (including phenoxy) is 2. The van der Waals surface area contributed by atoms with Crippen molar-refractivity contribution in [2.75, 3.05) is 17.5 Å². The summed E-state index contributed by atoms with van der Waals surface area (Å²) in [5.41, 5.74) is 3.87. The van der Waals surface area contributed by atoms with Crippen molar-refractivity contribution in [1.29, 1.82) is 5.26 Å². The maximum absolute atomic E-state index is 12.3. The molecule has 2 aromatic carbocycles. The van der Waals surface area contributed by atoms with Crippen molar-refractivity contribution in [2.45, 2.75) is 6.92 Å². The summed E-state index contributed by atoms with van der Waals surface area (Å²) in [6.45, 7) is 1.48. The van der Waals surface area contributed by atoms with Gasteiger partial charge in [0, 0.05) is 24.1 Å². The van der Waals surface area contributed by atoms with Crippen LogP contribution in [0.1, 0.15) is 18.1 Å². The second-order valence-corrected chi connectivity index (χ2v) is 6.46. The van der Waals surface area contributed by atoms with Gasteiger partial charge < -0.3 is 14.8 Å². The Bertz CT molecular complexity index is 1280. The number of carbonyl (C=O) groups excluding carboxylic acids is 1. The molecule has 0 saturated carbocycles. The lowest BCUT2D eigenvalue weighted by atomic mass is 10.1. The van der Waals surface area contributed by atoms with Crippen LogP contribution in [0.4, 0.5) is 11.6 Å². The quantitative estimate of drug-likeness (QED) is 0.428. The van der Waals surface area contributed by atoms with Gasteiger partial charge in [-0.15, -0.1) is 0 Å². The van der Waals surface area contributed by atoms with Gasteiger partial charge in [-0.1, -0.05) is 30.3 Å². The predicted octanol–water partition coefficient (Wildman–Crippen LogP) is 2.44. The van der Waals surface area contributed by atoms with Crippen LogP contribution in [0.3, 0.4) is 0 Å². The molecule has 31 heavy (non-hydrogen) atoms. The predicted molar refractivity (Wildman–Crippen MR) is 113 cm³/mol. The van der Waals surface area contributed by atoms with Gasteiger partial charge in [-0.2, -0.15) is 10.4 Å². The first kappa shape index (κ1) is 19.7. The van der Waals surface area contributed by atoms with E-state index >= 15 is 0 Å². The summed E-state index contributed by atoms with van der Waals surface area (Å²) < 4.78 is 10.7. The summed E-state index contributed by atoms with van der Waals surface area (Å²) >= 11 is 0. The molecule has 0 spiro atoms. The summed E-state index contributed by atoms with van der Waals surface area (Å²) in [6.07, 6.45) is 1.44. The number of hydrogen-bond donors (Lipinski definition) is 3. The molecule has 1 amide bonds. The maximum Gasteiger partial charge on any atom is 0.270 e. The van der Waals surface area contributed by atoms with Crippen LogP contribution in [0, 0.1) is 11.3 Å². The number of fused-ring (bicyclic) bond motifs is 1. The van der Waals surface area contributed by atoms with E-state index < -0.39 is 5.56 Å². The van der Waals surface area contributed by atoms with Gasteiger partial charge in [0.2, 0.25) is 18.6 Å². The number of nitrogens with one attached hydrogen (secondary N) is 3. The highest BCUT2D eigenvalue weighted by Gasteiger charge is 2.17. The van der Waals surface area contributed by atoms with Crippen molar-refractivity contribution in [3.63, 3.8) is 0 Å². The number of hydrogen-bond acceptors (Lipinski definition) is 8. The van der Waals surface area contributed by atoms with Gasteiger partial charge in [0.25, 0.3) is 5.56 Å². The highest BCUT2D eigenvalue weighted by Crippen LogP contribution is 2.36. The number of aromatic amines is 1. The van der Waals surface area contributed by atoms with Crippen molar-refractivity contribution in [3.05, 3.63) is 63.9 Å². The van der Waals surface area contributed by atoms with E-state index in [0.29, 0.717) is 28.3 Å². The normalized spacial score (nSPS) is 11.9. The van der Waals surface area contributed by atoms with Gasteiger partial charge in [0.1, 0.15) is 11.6 Å². The minimum Gasteiger partial charge on any atom is -0.454 e. The van der Waals surface area contributed by atoms with E-state index in [4.69, 9.17) is 9.47 Å². The van der Waals surface area contributed by atoms with Crippen molar-refractivity contribution in [3.8, 4) is 28.8 Å². The number of hydrazone groups is 1. The van der Waals surface area contributed by atoms with Crippen molar-refractivity contribution < 1.29 is 14.3 Å². The van der Waals surface area contributed by atoms with E-state index in [9.17, 15) is 14.9 Å². The van der Waals surface area contributed by atoms with Crippen LogP contribution in [0.2, 0.25) is 0 Å². The molecule has 10 nitrogen and oxygen atoms in total. The van der Waals surface area contributed by atoms with Gasteiger partial charge >= 0.3 is 0 Å². The van der Waals surface area contributed by atoms with Crippen LogP contribution < -0.4 is 25.8 Å². The molecule has 154 valence electrons. The molecule has 0 atom stereocenters. The zero-order valence-corrected chi connectivity index (χ0v) is 16.3. The Hall–Kier alpha value is -4.65. The van der Waals surface area contributed by atoms with Crippen LogP contribution in [-0.2, 0) is 4.79 Å². The molecule has 10 heteroatoms. The fourth-order valence-corrected chi connectivity index (χ4v) is 2.96. The standard InChI is InChI=1S/C21H16N6O4/c1-12(28)24-16-8-18-17(30-11-31-18)7-14(16)10-23-27-21-25-19(13-5-3-2-4-6-13)15(9-22)20(29)26-21/h2-8,10H,11H2,1H3,(H,24,28)(H2,25,26,27,29). The lowest BCUT2D eigenvalue weighted by Crippen LogP contribution is -2.16. The molecule has 1 aliphatic heterocycles. The molecule has 0 saturated heterocycles. The highest BCUT2D eigenvalue weighted by molar-refractivity contribution is 5.97.